The number of hydrogen-bond acceptors (Lipinski definition) is 4. The van der Waals surface area contributed by atoms with E-state index in [4.69, 9.17) is 4.74 Å². The van der Waals surface area contributed by atoms with Crippen molar-refractivity contribution >= 4 is 27.9 Å². The lowest BCUT2D eigenvalue weighted by molar-refractivity contribution is 0.0185. The van der Waals surface area contributed by atoms with Crippen molar-refractivity contribution in [3.63, 3.8) is 0 Å². The van der Waals surface area contributed by atoms with E-state index in [1.54, 1.807) is 23.1 Å². The van der Waals surface area contributed by atoms with Crippen molar-refractivity contribution in [1.82, 2.24) is 15.2 Å². The Labute approximate surface area is 144 Å². The summed E-state index contributed by atoms with van der Waals surface area (Å²) in [6.07, 6.45) is 1.33. The van der Waals surface area contributed by atoms with Crippen LogP contribution in [0.4, 0.5) is 4.79 Å². The molecule has 1 fully saturated rings. The molecule has 1 aromatic rings. The van der Waals surface area contributed by atoms with Gasteiger partial charge in [0.05, 0.1) is 0 Å². The van der Waals surface area contributed by atoms with E-state index < -0.39 is 5.60 Å². The fourth-order valence-electron chi connectivity index (χ4n) is 2.38. The molecule has 0 spiro atoms. The van der Waals surface area contributed by atoms with Gasteiger partial charge in [-0.05, 0) is 61.7 Å². The molecular weight excluding hydrogens is 362 g/mol. The van der Waals surface area contributed by atoms with Crippen molar-refractivity contribution in [2.24, 2.45) is 0 Å². The molecule has 1 aliphatic heterocycles. The van der Waals surface area contributed by atoms with Crippen LogP contribution in [0.5, 0.6) is 0 Å². The quantitative estimate of drug-likeness (QED) is 0.796. The third kappa shape index (κ3) is 5.49. The van der Waals surface area contributed by atoms with Gasteiger partial charge >= 0.3 is 6.09 Å². The lowest BCUT2D eigenvalue weighted by Gasteiger charge is -2.34. The standard InChI is InChI=1S/C16H22BrN3O3/c1-16(2,3)23-15(22)20-9-5-6-11(10-20)18-14(21)12-7-4-8-13(17)19-12/h4,7-8,11H,5-6,9-10H2,1-3H3,(H,18,21). The Balaban J connectivity index is 1.93. The van der Waals surface area contributed by atoms with Crippen LogP contribution >= 0.6 is 15.9 Å². The van der Waals surface area contributed by atoms with Gasteiger partial charge in [0, 0.05) is 19.1 Å². The minimum absolute atomic E-state index is 0.0930. The maximum atomic E-state index is 12.2. The van der Waals surface area contributed by atoms with Crippen LogP contribution in [0.15, 0.2) is 22.8 Å². The summed E-state index contributed by atoms with van der Waals surface area (Å²) in [4.78, 5) is 30.2. The van der Waals surface area contributed by atoms with Gasteiger partial charge in [-0.2, -0.15) is 0 Å². The lowest BCUT2D eigenvalue weighted by Crippen LogP contribution is -2.50. The van der Waals surface area contributed by atoms with Crippen molar-refractivity contribution in [2.45, 2.75) is 45.3 Å². The van der Waals surface area contributed by atoms with Gasteiger partial charge in [-0.15, -0.1) is 0 Å². The van der Waals surface area contributed by atoms with E-state index in [0.29, 0.717) is 23.4 Å². The summed E-state index contributed by atoms with van der Waals surface area (Å²) in [7, 11) is 0. The van der Waals surface area contributed by atoms with Crippen LogP contribution in [0.25, 0.3) is 0 Å². The Kier molecular flexibility index (Phi) is 5.62. The first-order chi connectivity index (χ1) is 10.7. The third-order valence-electron chi connectivity index (χ3n) is 3.36. The summed E-state index contributed by atoms with van der Waals surface area (Å²) in [5.41, 5.74) is -0.165. The predicted molar refractivity (Wildman–Crippen MR) is 90.2 cm³/mol. The molecule has 1 aromatic heterocycles. The number of aromatic nitrogens is 1. The Morgan fingerprint density at radius 2 is 2.13 bits per heavy atom. The second-order valence-electron chi connectivity index (χ2n) is 6.58. The summed E-state index contributed by atoms with van der Waals surface area (Å²) < 4.78 is 6.00. The van der Waals surface area contributed by atoms with E-state index in [1.807, 2.05) is 20.8 Å². The second kappa shape index (κ2) is 7.29. The number of pyridine rings is 1. The maximum Gasteiger partial charge on any atom is 0.410 e. The van der Waals surface area contributed by atoms with E-state index in [-0.39, 0.29) is 18.0 Å². The van der Waals surface area contributed by atoms with Crippen molar-refractivity contribution in [3.05, 3.63) is 28.5 Å². The number of rotatable bonds is 2. The molecule has 1 unspecified atom stereocenters. The number of amides is 2. The first-order valence-electron chi connectivity index (χ1n) is 7.66. The van der Waals surface area contributed by atoms with Crippen LogP contribution in [0.2, 0.25) is 0 Å². The van der Waals surface area contributed by atoms with E-state index in [0.717, 1.165) is 12.8 Å². The molecule has 23 heavy (non-hydrogen) atoms. The molecule has 0 aromatic carbocycles. The number of ether oxygens (including phenoxy) is 1. The molecule has 7 heteroatoms. The fourth-order valence-corrected chi connectivity index (χ4v) is 2.72. The number of halogens is 1. The summed E-state index contributed by atoms with van der Waals surface area (Å²) in [5, 5.41) is 2.94. The smallest absolute Gasteiger partial charge is 0.410 e. The Morgan fingerprint density at radius 1 is 1.39 bits per heavy atom. The highest BCUT2D eigenvalue weighted by molar-refractivity contribution is 9.10. The fraction of sp³-hybridized carbons (Fsp3) is 0.562. The van der Waals surface area contributed by atoms with Gasteiger partial charge in [0.2, 0.25) is 0 Å². The molecule has 2 amide bonds. The van der Waals surface area contributed by atoms with Crippen LogP contribution in [0.3, 0.4) is 0 Å². The van der Waals surface area contributed by atoms with Crippen molar-refractivity contribution in [2.75, 3.05) is 13.1 Å². The third-order valence-corrected chi connectivity index (χ3v) is 3.80. The number of carbonyl (C=O) groups excluding carboxylic acids is 2. The number of hydrogen-bond donors (Lipinski definition) is 1. The molecule has 1 aliphatic rings. The molecule has 2 heterocycles. The van der Waals surface area contributed by atoms with Crippen molar-refractivity contribution < 1.29 is 14.3 Å². The maximum absolute atomic E-state index is 12.2. The van der Waals surface area contributed by atoms with Crippen LogP contribution in [-0.2, 0) is 4.74 Å². The molecule has 2 rings (SSSR count). The summed E-state index contributed by atoms with van der Waals surface area (Å²) in [6, 6.07) is 5.10. The molecule has 1 atom stereocenters. The number of carbonyl (C=O) groups is 2. The first kappa shape index (κ1) is 17.7. The zero-order valence-electron chi connectivity index (χ0n) is 13.6. The highest BCUT2D eigenvalue weighted by Crippen LogP contribution is 2.16. The van der Waals surface area contributed by atoms with Crippen LogP contribution in [0, 0.1) is 0 Å². The van der Waals surface area contributed by atoms with Gasteiger partial charge in [-0.3, -0.25) is 4.79 Å². The van der Waals surface area contributed by atoms with E-state index in [2.05, 4.69) is 26.2 Å². The number of likely N-dealkylation sites (tertiary alicyclic amines) is 1. The van der Waals surface area contributed by atoms with E-state index in [9.17, 15) is 9.59 Å². The van der Waals surface area contributed by atoms with E-state index in [1.165, 1.54) is 0 Å². The Morgan fingerprint density at radius 3 is 2.78 bits per heavy atom. The van der Waals surface area contributed by atoms with Crippen molar-refractivity contribution in [3.8, 4) is 0 Å². The number of nitrogens with one attached hydrogen (secondary N) is 1. The van der Waals surface area contributed by atoms with Gasteiger partial charge in [0.1, 0.15) is 15.9 Å². The summed E-state index contributed by atoms with van der Waals surface area (Å²) in [6.45, 7) is 6.62. The first-order valence-corrected chi connectivity index (χ1v) is 8.45. The predicted octanol–water partition coefficient (Wildman–Crippen LogP) is 2.97. The van der Waals surface area contributed by atoms with Gasteiger partial charge in [0.25, 0.3) is 5.91 Å². The normalized spacial score (nSPS) is 18.4. The lowest BCUT2D eigenvalue weighted by atomic mass is 10.1. The Bertz CT molecular complexity index is 586. The molecule has 0 radical (unpaired) electrons. The SMILES string of the molecule is CC(C)(C)OC(=O)N1CCCC(NC(=O)c2cccc(Br)n2)C1. The molecule has 6 nitrogen and oxygen atoms in total. The zero-order chi connectivity index (χ0) is 17.0. The molecular formula is C16H22BrN3O3. The minimum Gasteiger partial charge on any atom is -0.444 e. The van der Waals surface area contributed by atoms with Crippen LogP contribution in [0.1, 0.15) is 44.1 Å². The van der Waals surface area contributed by atoms with Gasteiger partial charge < -0.3 is 15.0 Å². The topological polar surface area (TPSA) is 71.5 Å². The largest absolute Gasteiger partial charge is 0.444 e. The monoisotopic (exact) mass is 383 g/mol. The molecule has 1 N–H and O–H groups in total. The van der Waals surface area contributed by atoms with Crippen LogP contribution < -0.4 is 5.32 Å². The molecule has 0 aliphatic carbocycles. The van der Waals surface area contributed by atoms with E-state index >= 15 is 0 Å². The molecule has 126 valence electrons. The second-order valence-corrected chi connectivity index (χ2v) is 7.40. The van der Waals surface area contributed by atoms with Gasteiger partial charge in [-0.25, -0.2) is 9.78 Å². The minimum atomic E-state index is -0.520. The van der Waals surface area contributed by atoms with Crippen LogP contribution in [-0.4, -0.2) is 46.6 Å². The van der Waals surface area contributed by atoms with Crippen molar-refractivity contribution in [1.29, 1.82) is 0 Å². The molecule has 0 saturated carbocycles. The number of piperidine rings is 1. The molecule has 1 saturated heterocycles. The highest BCUT2D eigenvalue weighted by atomic mass is 79.9. The zero-order valence-corrected chi connectivity index (χ0v) is 15.2. The average Bonchev–Trinajstić information content (AvgIpc) is 2.45. The summed E-state index contributed by atoms with van der Waals surface area (Å²) in [5.74, 6) is -0.234. The highest BCUT2D eigenvalue weighted by Gasteiger charge is 2.28. The van der Waals surface area contributed by atoms with Gasteiger partial charge in [0.15, 0.2) is 0 Å². The Hall–Kier alpha value is -1.63. The number of nitrogens with zero attached hydrogens (tertiary/aromatic N) is 2. The molecule has 0 bridgehead atoms. The summed E-state index contributed by atoms with van der Waals surface area (Å²) >= 11 is 3.25. The van der Waals surface area contributed by atoms with Gasteiger partial charge in [-0.1, -0.05) is 6.07 Å². The average molecular weight is 384 g/mol.